The van der Waals surface area contributed by atoms with Gasteiger partial charge in [0.05, 0.1) is 18.7 Å². The van der Waals surface area contributed by atoms with Crippen molar-refractivity contribution in [1.29, 1.82) is 5.26 Å². The van der Waals surface area contributed by atoms with E-state index in [4.69, 9.17) is 15.7 Å². The fraction of sp³-hybridized carbons (Fsp3) is 0.188. The second kappa shape index (κ2) is 6.58. The van der Waals surface area contributed by atoms with Gasteiger partial charge in [0.15, 0.2) is 0 Å². The number of rotatable bonds is 5. The molecule has 0 spiro atoms. The van der Waals surface area contributed by atoms with Gasteiger partial charge in [0.2, 0.25) is 0 Å². The monoisotopic (exact) mass is 252 g/mol. The molecule has 2 aromatic rings. The Morgan fingerprint density at radius 2 is 1.63 bits per heavy atom. The standard InChI is InChI=1S/C16H16N2O/c17-12-15(18)10-11-19-16-8-6-14(7-9-16)13-4-2-1-3-5-13/h1-9,15H,10-11,18H2. The molecule has 3 nitrogen and oxygen atoms in total. The third-order valence-electron chi connectivity index (χ3n) is 2.82. The van der Waals surface area contributed by atoms with Crippen molar-refractivity contribution in [2.45, 2.75) is 12.5 Å². The maximum atomic E-state index is 8.56. The lowest BCUT2D eigenvalue weighted by Gasteiger charge is -2.08. The zero-order valence-corrected chi connectivity index (χ0v) is 10.6. The molecular formula is C16H16N2O. The summed E-state index contributed by atoms with van der Waals surface area (Å²) in [7, 11) is 0. The highest BCUT2D eigenvalue weighted by molar-refractivity contribution is 5.63. The van der Waals surface area contributed by atoms with Crippen LogP contribution in [0.25, 0.3) is 11.1 Å². The maximum Gasteiger partial charge on any atom is 0.119 e. The molecule has 0 amide bonds. The van der Waals surface area contributed by atoms with E-state index >= 15 is 0 Å². The predicted molar refractivity (Wildman–Crippen MR) is 75.6 cm³/mol. The van der Waals surface area contributed by atoms with Crippen molar-refractivity contribution in [3.05, 3.63) is 54.6 Å². The predicted octanol–water partition coefficient (Wildman–Crippen LogP) is 2.97. The van der Waals surface area contributed by atoms with Crippen LogP contribution in [0.3, 0.4) is 0 Å². The second-order valence-electron chi connectivity index (χ2n) is 4.26. The molecule has 0 aliphatic carbocycles. The average Bonchev–Trinajstić information content (AvgIpc) is 2.48. The minimum atomic E-state index is -0.455. The Hall–Kier alpha value is -2.31. The van der Waals surface area contributed by atoms with Gasteiger partial charge in [0, 0.05) is 6.42 Å². The van der Waals surface area contributed by atoms with E-state index in [2.05, 4.69) is 12.1 Å². The van der Waals surface area contributed by atoms with Gasteiger partial charge >= 0.3 is 0 Å². The van der Waals surface area contributed by atoms with Gasteiger partial charge in [-0.15, -0.1) is 0 Å². The lowest BCUT2D eigenvalue weighted by Crippen LogP contribution is -2.20. The van der Waals surface area contributed by atoms with Gasteiger partial charge in [-0.25, -0.2) is 0 Å². The zero-order chi connectivity index (χ0) is 13.5. The molecule has 0 aromatic heterocycles. The molecule has 19 heavy (non-hydrogen) atoms. The molecule has 0 saturated heterocycles. The van der Waals surface area contributed by atoms with Gasteiger partial charge < -0.3 is 10.5 Å². The first-order valence-corrected chi connectivity index (χ1v) is 6.23. The Labute approximate surface area is 113 Å². The van der Waals surface area contributed by atoms with Crippen LogP contribution >= 0.6 is 0 Å². The van der Waals surface area contributed by atoms with Crippen LogP contribution in [0, 0.1) is 11.3 Å². The Bertz CT molecular complexity index is 543. The van der Waals surface area contributed by atoms with E-state index in [-0.39, 0.29) is 0 Å². The highest BCUT2D eigenvalue weighted by Crippen LogP contribution is 2.22. The summed E-state index contributed by atoms with van der Waals surface area (Å²) in [5.74, 6) is 0.796. The van der Waals surface area contributed by atoms with Crippen molar-refractivity contribution in [3.8, 4) is 22.9 Å². The van der Waals surface area contributed by atoms with Crippen molar-refractivity contribution >= 4 is 0 Å². The van der Waals surface area contributed by atoms with Crippen LogP contribution in [0.1, 0.15) is 6.42 Å². The summed E-state index contributed by atoms with van der Waals surface area (Å²) in [6, 6.07) is 19.6. The SMILES string of the molecule is N#CC(N)CCOc1ccc(-c2ccccc2)cc1. The van der Waals surface area contributed by atoms with Gasteiger partial charge in [-0.05, 0) is 23.3 Å². The molecule has 0 fully saturated rings. The van der Waals surface area contributed by atoms with E-state index in [1.807, 2.05) is 48.5 Å². The molecule has 96 valence electrons. The molecule has 0 bridgehead atoms. The number of nitrogens with zero attached hydrogens (tertiary/aromatic N) is 1. The minimum Gasteiger partial charge on any atom is -0.493 e. The summed E-state index contributed by atoms with van der Waals surface area (Å²) in [6.07, 6.45) is 0.539. The van der Waals surface area contributed by atoms with Crippen molar-refractivity contribution in [2.75, 3.05) is 6.61 Å². The largest absolute Gasteiger partial charge is 0.493 e. The van der Waals surface area contributed by atoms with Crippen LogP contribution in [0.4, 0.5) is 0 Å². The van der Waals surface area contributed by atoms with E-state index in [9.17, 15) is 0 Å². The second-order valence-corrected chi connectivity index (χ2v) is 4.26. The molecule has 0 aliphatic heterocycles. The third-order valence-corrected chi connectivity index (χ3v) is 2.82. The highest BCUT2D eigenvalue weighted by atomic mass is 16.5. The third kappa shape index (κ3) is 3.84. The summed E-state index contributed by atoms with van der Waals surface area (Å²) < 4.78 is 5.54. The molecule has 2 aromatic carbocycles. The Morgan fingerprint density at radius 1 is 1.00 bits per heavy atom. The van der Waals surface area contributed by atoms with Crippen LogP contribution in [0.5, 0.6) is 5.75 Å². The Kier molecular flexibility index (Phi) is 4.54. The summed E-state index contributed by atoms with van der Waals surface area (Å²) in [6.45, 7) is 0.458. The van der Waals surface area contributed by atoms with E-state index < -0.39 is 6.04 Å². The summed E-state index contributed by atoms with van der Waals surface area (Å²) >= 11 is 0. The molecule has 0 aliphatic rings. The fourth-order valence-corrected chi connectivity index (χ4v) is 1.74. The van der Waals surface area contributed by atoms with Gasteiger partial charge in [-0.2, -0.15) is 5.26 Å². The van der Waals surface area contributed by atoms with Crippen molar-refractivity contribution in [3.63, 3.8) is 0 Å². The number of benzene rings is 2. The topological polar surface area (TPSA) is 59.0 Å². The Balaban J connectivity index is 1.94. The summed E-state index contributed by atoms with van der Waals surface area (Å²) in [5, 5.41) is 8.56. The summed E-state index contributed by atoms with van der Waals surface area (Å²) in [4.78, 5) is 0. The number of nitriles is 1. The first kappa shape index (κ1) is 13.1. The highest BCUT2D eigenvalue weighted by Gasteiger charge is 2.01. The van der Waals surface area contributed by atoms with Crippen molar-refractivity contribution in [2.24, 2.45) is 5.73 Å². The molecule has 0 radical (unpaired) electrons. The fourth-order valence-electron chi connectivity index (χ4n) is 1.74. The van der Waals surface area contributed by atoms with Gasteiger partial charge in [-0.3, -0.25) is 0 Å². The zero-order valence-electron chi connectivity index (χ0n) is 10.6. The van der Waals surface area contributed by atoms with Crippen LogP contribution in [0.2, 0.25) is 0 Å². The molecule has 2 rings (SSSR count). The van der Waals surface area contributed by atoms with E-state index in [1.165, 1.54) is 5.56 Å². The maximum absolute atomic E-state index is 8.56. The first-order chi connectivity index (χ1) is 9.29. The molecular weight excluding hydrogens is 236 g/mol. The van der Waals surface area contributed by atoms with Gasteiger partial charge in [0.25, 0.3) is 0 Å². The molecule has 0 heterocycles. The minimum absolute atomic E-state index is 0.455. The molecule has 1 unspecified atom stereocenters. The van der Waals surface area contributed by atoms with Crippen molar-refractivity contribution < 1.29 is 4.74 Å². The van der Waals surface area contributed by atoms with Gasteiger partial charge in [-0.1, -0.05) is 42.5 Å². The van der Waals surface area contributed by atoms with Gasteiger partial charge in [0.1, 0.15) is 5.75 Å². The first-order valence-electron chi connectivity index (χ1n) is 6.23. The lowest BCUT2D eigenvalue weighted by molar-refractivity contribution is 0.306. The smallest absolute Gasteiger partial charge is 0.119 e. The average molecular weight is 252 g/mol. The van der Waals surface area contributed by atoms with E-state index in [1.54, 1.807) is 0 Å². The van der Waals surface area contributed by atoms with Crippen molar-refractivity contribution in [1.82, 2.24) is 0 Å². The van der Waals surface area contributed by atoms with E-state index in [0.717, 1.165) is 11.3 Å². The summed E-state index contributed by atoms with van der Waals surface area (Å²) in [5.41, 5.74) is 7.83. The molecule has 1 atom stereocenters. The normalized spacial score (nSPS) is 11.6. The molecule has 0 saturated carbocycles. The van der Waals surface area contributed by atoms with E-state index in [0.29, 0.717) is 13.0 Å². The number of ether oxygens (including phenoxy) is 1. The van der Waals surface area contributed by atoms with Crippen LogP contribution in [-0.4, -0.2) is 12.6 Å². The quantitative estimate of drug-likeness (QED) is 0.890. The van der Waals surface area contributed by atoms with Crippen LogP contribution < -0.4 is 10.5 Å². The number of hydrogen-bond donors (Lipinski definition) is 1. The van der Waals surface area contributed by atoms with Crippen LogP contribution in [-0.2, 0) is 0 Å². The number of nitrogens with two attached hydrogens (primary N) is 1. The molecule has 2 N–H and O–H groups in total. The lowest BCUT2D eigenvalue weighted by atomic mass is 10.1. The van der Waals surface area contributed by atoms with Crippen LogP contribution in [0.15, 0.2) is 54.6 Å². The number of hydrogen-bond acceptors (Lipinski definition) is 3. The molecule has 3 heteroatoms. The Morgan fingerprint density at radius 3 is 2.26 bits per heavy atom.